The van der Waals surface area contributed by atoms with Crippen molar-refractivity contribution in [3.05, 3.63) is 48.0 Å². The molecule has 1 saturated carbocycles. The number of carbonyl (C=O) groups excluding carboxylic acids is 1. The molecule has 1 aliphatic rings. The molecule has 1 aliphatic carbocycles. The summed E-state index contributed by atoms with van der Waals surface area (Å²) in [6.45, 7) is 9.67. The number of fused-ring (bicyclic) bond motifs is 1. The van der Waals surface area contributed by atoms with Gasteiger partial charge in [-0.15, -0.1) is 0 Å². The number of anilines is 1. The number of ether oxygens (including phenoxy) is 1. The van der Waals surface area contributed by atoms with Crippen molar-refractivity contribution in [3.8, 4) is 5.75 Å². The third-order valence-electron chi connectivity index (χ3n) is 6.51. The first-order valence-electron chi connectivity index (χ1n) is 12.4. The van der Waals surface area contributed by atoms with Crippen LogP contribution in [0.1, 0.15) is 44.0 Å². The third-order valence-corrected chi connectivity index (χ3v) is 9.47. The van der Waals surface area contributed by atoms with E-state index in [0.717, 1.165) is 41.9 Å². The van der Waals surface area contributed by atoms with Gasteiger partial charge in [-0.2, -0.15) is 4.31 Å². The maximum atomic E-state index is 13.7. The molecular weight excluding hydrogens is 496 g/mol. The molecule has 0 N–H and O–H groups in total. The highest BCUT2D eigenvalue weighted by atomic mass is 32.2. The van der Waals surface area contributed by atoms with Crippen LogP contribution in [0.3, 0.4) is 0 Å². The number of rotatable bonds is 12. The van der Waals surface area contributed by atoms with Crippen LogP contribution < -0.4 is 9.64 Å². The van der Waals surface area contributed by atoms with Gasteiger partial charge in [0.2, 0.25) is 10.0 Å². The number of aromatic nitrogens is 1. The van der Waals surface area contributed by atoms with Gasteiger partial charge in [-0.1, -0.05) is 25.2 Å². The van der Waals surface area contributed by atoms with E-state index >= 15 is 0 Å². The molecule has 2 aromatic carbocycles. The third kappa shape index (κ3) is 5.72. The topological polar surface area (TPSA) is 83.0 Å². The van der Waals surface area contributed by atoms with Gasteiger partial charge in [0.25, 0.3) is 5.91 Å². The highest BCUT2D eigenvalue weighted by Crippen LogP contribution is 2.33. The summed E-state index contributed by atoms with van der Waals surface area (Å²) in [5.41, 5.74) is 1.24. The van der Waals surface area contributed by atoms with Gasteiger partial charge in [-0.25, -0.2) is 13.4 Å². The second-order valence-corrected chi connectivity index (χ2v) is 11.8. The molecule has 0 aliphatic heterocycles. The zero-order valence-corrected chi connectivity index (χ0v) is 22.9. The summed E-state index contributed by atoms with van der Waals surface area (Å²) in [7, 11) is -1.95. The highest BCUT2D eigenvalue weighted by molar-refractivity contribution is 7.89. The van der Waals surface area contributed by atoms with Crippen LogP contribution >= 0.6 is 11.3 Å². The van der Waals surface area contributed by atoms with Crippen molar-refractivity contribution in [2.75, 3.05) is 44.7 Å². The van der Waals surface area contributed by atoms with Crippen LogP contribution in [0.4, 0.5) is 5.13 Å². The molecule has 0 atom stereocenters. The summed E-state index contributed by atoms with van der Waals surface area (Å²) in [6.07, 6.45) is 1.78. The van der Waals surface area contributed by atoms with E-state index in [1.807, 2.05) is 25.1 Å². The minimum absolute atomic E-state index is 0.0779. The molecule has 36 heavy (non-hydrogen) atoms. The Labute approximate surface area is 217 Å². The largest absolute Gasteiger partial charge is 0.494 e. The number of likely N-dealkylation sites (N-methyl/N-ethyl adjacent to an activating group) is 1. The number of thiazole rings is 1. The molecule has 1 aromatic heterocycles. The highest BCUT2D eigenvalue weighted by Gasteiger charge is 2.35. The first kappa shape index (κ1) is 26.5. The Balaban J connectivity index is 1.62. The zero-order valence-electron chi connectivity index (χ0n) is 21.3. The Kier molecular flexibility index (Phi) is 8.29. The normalized spacial score (nSPS) is 14.1. The van der Waals surface area contributed by atoms with Crippen molar-refractivity contribution < 1.29 is 17.9 Å². The lowest BCUT2D eigenvalue weighted by Crippen LogP contribution is -2.38. The summed E-state index contributed by atoms with van der Waals surface area (Å²) in [5, 5.41) is 0.612. The Morgan fingerprint density at radius 2 is 1.75 bits per heavy atom. The Bertz CT molecular complexity index is 1300. The number of amides is 1. The maximum absolute atomic E-state index is 13.7. The van der Waals surface area contributed by atoms with Gasteiger partial charge in [0.15, 0.2) is 5.13 Å². The molecule has 1 fully saturated rings. The summed E-state index contributed by atoms with van der Waals surface area (Å²) in [5.74, 6) is 0.569. The predicted octanol–water partition coefficient (Wildman–Crippen LogP) is 4.47. The van der Waals surface area contributed by atoms with Crippen LogP contribution in [-0.4, -0.2) is 74.4 Å². The molecule has 0 saturated heterocycles. The maximum Gasteiger partial charge on any atom is 0.260 e. The van der Waals surface area contributed by atoms with Crippen molar-refractivity contribution in [2.45, 2.75) is 44.6 Å². The molecule has 194 valence electrons. The second-order valence-electron chi connectivity index (χ2n) is 8.82. The van der Waals surface area contributed by atoms with Gasteiger partial charge in [0.05, 0.1) is 21.7 Å². The van der Waals surface area contributed by atoms with Crippen molar-refractivity contribution in [1.29, 1.82) is 0 Å². The van der Waals surface area contributed by atoms with Gasteiger partial charge in [-0.05, 0) is 75.3 Å². The van der Waals surface area contributed by atoms with Crippen molar-refractivity contribution in [1.82, 2.24) is 14.2 Å². The van der Waals surface area contributed by atoms with Crippen LogP contribution in [0.2, 0.25) is 0 Å². The molecule has 0 spiro atoms. The minimum Gasteiger partial charge on any atom is -0.494 e. The quantitative estimate of drug-likeness (QED) is 0.344. The molecule has 1 amide bonds. The average molecular weight is 531 g/mol. The summed E-state index contributed by atoms with van der Waals surface area (Å²) in [6, 6.07) is 12.1. The molecule has 0 bridgehead atoms. The van der Waals surface area contributed by atoms with Crippen LogP contribution in [0.25, 0.3) is 10.2 Å². The van der Waals surface area contributed by atoms with Crippen molar-refractivity contribution >= 4 is 42.6 Å². The van der Waals surface area contributed by atoms with Gasteiger partial charge in [-0.3, -0.25) is 9.69 Å². The Morgan fingerprint density at radius 1 is 1.06 bits per heavy atom. The van der Waals surface area contributed by atoms with Crippen LogP contribution in [0.15, 0.2) is 47.4 Å². The van der Waals surface area contributed by atoms with E-state index in [9.17, 15) is 13.2 Å². The fourth-order valence-corrected chi connectivity index (χ4v) is 6.49. The lowest BCUT2D eigenvalue weighted by molar-refractivity contribution is 0.0983. The number of benzene rings is 2. The molecule has 10 heteroatoms. The zero-order chi connectivity index (χ0) is 25.9. The van der Waals surface area contributed by atoms with Gasteiger partial charge in [0, 0.05) is 31.7 Å². The molecule has 4 rings (SSSR count). The molecule has 1 heterocycles. The second kappa shape index (κ2) is 11.2. The van der Waals surface area contributed by atoms with Gasteiger partial charge in [0.1, 0.15) is 5.75 Å². The predicted molar refractivity (Wildman–Crippen MR) is 145 cm³/mol. The van der Waals surface area contributed by atoms with E-state index in [1.54, 1.807) is 24.1 Å². The summed E-state index contributed by atoms with van der Waals surface area (Å²) >= 11 is 1.45. The van der Waals surface area contributed by atoms with Gasteiger partial charge < -0.3 is 9.64 Å². The monoisotopic (exact) mass is 530 g/mol. The Hall–Kier alpha value is -2.53. The van der Waals surface area contributed by atoms with E-state index in [1.165, 1.54) is 27.8 Å². The van der Waals surface area contributed by atoms with Crippen LogP contribution in [-0.2, 0) is 10.0 Å². The van der Waals surface area contributed by atoms with E-state index in [2.05, 4.69) is 18.7 Å². The summed E-state index contributed by atoms with van der Waals surface area (Å²) in [4.78, 5) is 22.6. The molecule has 0 radical (unpaired) electrons. The number of hydrogen-bond acceptors (Lipinski definition) is 7. The lowest BCUT2D eigenvalue weighted by atomic mass is 10.2. The molecular formula is C26H34N4O4S2. The smallest absolute Gasteiger partial charge is 0.260 e. The molecule has 8 nitrogen and oxygen atoms in total. The molecule has 3 aromatic rings. The Morgan fingerprint density at radius 3 is 2.36 bits per heavy atom. The van der Waals surface area contributed by atoms with Crippen LogP contribution in [0.5, 0.6) is 5.75 Å². The first-order valence-corrected chi connectivity index (χ1v) is 14.7. The number of nitrogens with zero attached hydrogens (tertiary/aromatic N) is 4. The van der Waals surface area contributed by atoms with E-state index in [-0.39, 0.29) is 16.8 Å². The van der Waals surface area contributed by atoms with Crippen molar-refractivity contribution in [3.63, 3.8) is 0 Å². The van der Waals surface area contributed by atoms with Crippen LogP contribution in [0, 0.1) is 0 Å². The van der Waals surface area contributed by atoms with Crippen molar-refractivity contribution in [2.24, 2.45) is 0 Å². The number of sulfonamides is 1. The lowest BCUT2D eigenvalue weighted by Gasteiger charge is -2.25. The SMILES string of the molecule is CCOc1ccc2nc(N(CCN(CC)CC)C(=O)c3ccc(S(=O)(=O)N(C)C4CC4)cc3)sc2c1. The summed E-state index contributed by atoms with van der Waals surface area (Å²) < 4.78 is 33.7. The van der Waals surface area contributed by atoms with Gasteiger partial charge >= 0.3 is 0 Å². The fourth-order valence-electron chi connectivity index (χ4n) is 4.06. The van der Waals surface area contributed by atoms with E-state index < -0.39 is 10.0 Å². The standard InChI is InChI=1S/C26H34N4O4S2/c1-5-29(6-2)16-17-30(26-27-23-15-12-21(34-7-3)18-24(23)35-26)25(31)19-8-13-22(14-9-19)36(32,33)28(4)20-10-11-20/h8-9,12-15,18,20H,5-7,10-11,16-17H2,1-4H3. The fraction of sp³-hybridized carbons (Fsp3) is 0.462. The van der Waals surface area contributed by atoms with E-state index in [0.29, 0.717) is 30.4 Å². The minimum atomic E-state index is -3.57. The first-order chi connectivity index (χ1) is 17.3. The average Bonchev–Trinajstić information content (AvgIpc) is 3.65. The van der Waals surface area contributed by atoms with E-state index in [4.69, 9.17) is 9.72 Å². The number of hydrogen-bond donors (Lipinski definition) is 0. The number of carbonyl (C=O) groups is 1. The molecule has 0 unspecified atom stereocenters.